The zero-order valence-corrected chi connectivity index (χ0v) is 70.2. The average Bonchev–Trinajstić information content (AvgIpc) is 0.801. The lowest BCUT2D eigenvalue weighted by molar-refractivity contribution is -0.157. The van der Waals surface area contributed by atoms with E-state index in [4.69, 9.17) is 9.47 Å². The molecule has 13 amide bonds. The Morgan fingerprint density at radius 3 is 1.33 bits per heavy atom. The molecule has 1 fully saturated rings. The molecule has 106 heavy (non-hydrogen) atoms. The number of alkyl carbamates (subject to hydrolysis) is 2. The molecular weight excluding hydrogens is 1380 g/mol. The second-order valence-electron chi connectivity index (χ2n) is 32.5. The highest BCUT2D eigenvalue weighted by molar-refractivity contribution is 8.00. The number of aliphatic hydroxyl groups excluding tert-OH is 1. The number of guanidine groups is 1. The maximum Gasteiger partial charge on any atom is 0.414 e. The van der Waals surface area contributed by atoms with Crippen molar-refractivity contribution >= 4 is 94.9 Å². The van der Waals surface area contributed by atoms with Gasteiger partial charge in [-0.05, 0) is 142 Å². The quantitative estimate of drug-likeness (QED) is 0.0351. The molecule has 1 heterocycles. The van der Waals surface area contributed by atoms with Gasteiger partial charge in [0.1, 0.15) is 71.6 Å². The highest BCUT2D eigenvalue weighted by Crippen LogP contribution is 2.28. The number of carbonyl (C=O) groups is 13. The molecule has 0 aromatic rings. The summed E-state index contributed by atoms with van der Waals surface area (Å²) in [6, 6.07) is -13.4. The summed E-state index contributed by atoms with van der Waals surface area (Å²) in [5, 5.41) is 26.7. The lowest BCUT2D eigenvalue weighted by atomic mass is 9.91. The highest BCUT2D eigenvalue weighted by Gasteiger charge is 2.47. The van der Waals surface area contributed by atoms with Crippen LogP contribution in [0.15, 0.2) is 17.1 Å². The molecule has 0 radical (unpaired) electrons. The number of carbonyl (C=O) groups excluding carboxylic acids is 13. The second-order valence-corrected chi connectivity index (χ2v) is 33.7. The van der Waals surface area contributed by atoms with Crippen molar-refractivity contribution < 1.29 is 76.9 Å². The van der Waals surface area contributed by atoms with Gasteiger partial charge in [-0.3, -0.25) is 68.4 Å². The first-order valence-electron chi connectivity index (χ1n) is 37.2. The van der Waals surface area contributed by atoms with Gasteiger partial charge in [-0.2, -0.15) is 0 Å². The molecule has 13 atom stereocenters. The van der Waals surface area contributed by atoms with E-state index in [1.165, 1.54) is 82.8 Å². The Balaban J connectivity index is 4.70. The van der Waals surface area contributed by atoms with Crippen LogP contribution in [-0.2, 0) is 62.2 Å². The number of likely N-dealkylation sites (N-methyl/N-ethyl adjacent to an activating group) is 7. The molecule has 606 valence electrons. The van der Waals surface area contributed by atoms with Gasteiger partial charge in [0.05, 0.1) is 12.6 Å². The molecule has 7 N–H and O–H groups in total. The molecule has 1 aliphatic rings. The summed E-state index contributed by atoms with van der Waals surface area (Å²) in [4.78, 5) is 204. The first-order valence-corrected chi connectivity index (χ1v) is 38.3. The molecule has 0 saturated carbocycles. The Morgan fingerprint density at radius 2 is 0.906 bits per heavy atom. The number of hydrogen-bond donors (Lipinski definition) is 7. The van der Waals surface area contributed by atoms with E-state index in [0.717, 1.165) is 26.5 Å². The van der Waals surface area contributed by atoms with Gasteiger partial charge < -0.3 is 70.1 Å². The molecule has 30 nitrogen and oxygen atoms in total. The van der Waals surface area contributed by atoms with Crippen LogP contribution in [0.3, 0.4) is 0 Å². The van der Waals surface area contributed by atoms with Crippen molar-refractivity contribution in [3.05, 3.63) is 12.2 Å². The standard InChI is InChI=1S/C75H134N14O16S/c1-31-33-34-47(15)58(90)57-62(94)79-50(32-2)64(96)89(30)70(106-36-35-76-71(81-72(102)104-74(18,19)20)82-73(103)105-75(21,22)23)69(101)84(25)52(38-42(5)6)61(93)80-55(45(11)12)67(99)83(24)51(37-41(3)4)60(92)77-48(16)59(91)78-49(17)63(95)85(26)53(39-43(7)8)65(97)86(27)54(40-44(9)10)66(98)87(28)56(46(13)14)68(100)88(57)29/h31,33,41-58,70,90H,32,34-40H2,1-30H3,(H,77,92)(H,78,91)(H,79,94)(H,80,93)(H2,76,81,82,102,103)/t47-,48-,49+,50-,51?,52+,53-,54-,55-,56+,57?,58-,70?/m1/s1. The molecule has 1 aliphatic heterocycles. The normalized spacial score (nSPS) is 24.7. The third-order valence-corrected chi connectivity index (χ3v) is 19.3. The van der Waals surface area contributed by atoms with Crippen LogP contribution < -0.4 is 31.9 Å². The number of ether oxygens (including phenoxy) is 2. The van der Waals surface area contributed by atoms with Gasteiger partial charge in [-0.1, -0.05) is 109 Å². The van der Waals surface area contributed by atoms with Crippen LogP contribution in [0.1, 0.15) is 198 Å². The molecule has 0 aromatic carbocycles. The summed E-state index contributed by atoms with van der Waals surface area (Å²) in [6.07, 6.45) is 0.426. The van der Waals surface area contributed by atoms with Crippen molar-refractivity contribution in [1.82, 2.24) is 66.2 Å². The molecule has 0 spiro atoms. The molecule has 0 aliphatic carbocycles. The topological polar surface area (TPSA) is 368 Å². The number of thioether (sulfide) groups is 1. The summed E-state index contributed by atoms with van der Waals surface area (Å²) in [6.45, 7) is 38.9. The molecule has 1 saturated heterocycles. The summed E-state index contributed by atoms with van der Waals surface area (Å²) in [5.74, 6) is -11.7. The van der Waals surface area contributed by atoms with E-state index in [1.54, 1.807) is 102 Å². The number of hydrogen-bond acceptors (Lipinski definition) is 18. The van der Waals surface area contributed by atoms with Crippen molar-refractivity contribution in [3.8, 4) is 0 Å². The number of nitrogens with zero attached hydrogens (tertiary/aromatic N) is 8. The van der Waals surface area contributed by atoms with Crippen LogP contribution in [0.25, 0.3) is 0 Å². The van der Waals surface area contributed by atoms with Crippen molar-refractivity contribution in [2.75, 3.05) is 61.6 Å². The van der Waals surface area contributed by atoms with Crippen molar-refractivity contribution in [2.24, 2.45) is 46.4 Å². The third kappa shape index (κ3) is 29.9. The van der Waals surface area contributed by atoms with Crippen molar-refractivity contribution in [3.63, 3.8) is 0 Å². The van der Waals surface area contributed by atoms with E-state index in [-0.39, 0.29) is 80.5 Å². The summed E-state index contributed by atoms with van der Waals surface area (Å²) < 4.78 is 10.9. The smallest absolute Gasteiger partial charge is 0.414 e. The minimum atomic E-state index is -1.73. The van der Waals surface area contributed by atoms with Gasteiger partial charge >= 0.3 is 12.2 Å². The van der Waals surface area contributed by atoms with E-state index in [2.05, 4.69) is 36.9 Å². The molecule has 0 bridgehead atoms. The van der Waals surface area contributed by atoms with E-state index >= 15 is 33.6 Å². The van der Waals surface area contributed by atoms with E-state index < -0.39 is 178 Å². The van der Waals surface area contributed by atoms with Crippen molar-refractivity contribution in [2.45, 2.75) is 281 Å². The largest absolute Gasteiger partial charge is 0.444 e. The minimum absolute atomic E-state index is 0.0149. The summed E-state index contributed by atoms with van der Waals surface area (Å²) in [7, 11) is 9.68. The Morgan fingerprint density at radius 1 is 0.500 bits per heavy atom. The molecule has 3 unspecified atom stereocenters. The number of rotatable bonds is 19. The third-order valence-electron chi connectivity index (χ3n) is 18.1. The lowest BCUT2D eigenvalue weighted by Gasteiger charge is -2.41. The van der Waals surface area contributed by atoms with Crippen LogP contribution in [-0.4, -0.2) is 267 Å². The first kappa shape index (κ1) is 96.4. The Kier molecular flexibility index (Phi) is 39.5. The SMILES string of the molecule is CC=CC[C@@H](C)[C@@H](O)C1C(=O)N[C@H](CC)C(=O)N(C)C(SCCN=C(NC(=O)OC(C)(C)C)NC(=O)OC(C)(C)C)C(=O)N(C)[C@@H](CC(C)C)C(=O)N[C@H](C(C)C)C(=O)N(C)C(CC(C)C)C(=O)N[C@H](C)C(=O)N[C@@H](C)C(=O)N(C)[C@H](CC(C)C)C(=O)N(C)[C@H](CC(C)C)C(=O)N(C)[C@@H](C(C)C)C(=O)N1C. The van der Waals surface area contributed by atoms with Gasteiger partial charge in [-0.25, -0.2) is 9.59 Å². The van der Waals surface area contributed by atoms with E-state index in [9.17, 15) is 33.9 Å². The predicted octanol–water partition coefficient (Wildman–Crippen LogP) is 5.73. The number of aliphatic imine (C=N–C) groups is 1. The molecule has 0 aromatic heterocycles. The Hall–Kier alpha value is -7.57. The van der Waals surface area contributed by atoms with E-state index in [0.29, 0.717) is 0 Å². The van der Waals surface area contributed by atoms with Crippen LogP contribution in [0.5, 0.6) is 0 Å². The Labute approximate surface area is 636 Å². The van der Waals surface area contributed by atoms with Gasteiger partial charge in [-0.15, -0.1) is 11.8 Å². The zero-order chi connectivity index (χ0) is 82.2. The average molecular weight is 1520 g/mol. The zero-order valence-electron chi connectivity index (χ0n) is 69.3. The van der Waals surface area contributed by atoms with Crippen LogP contribution in [0.4, 0.5) is 9.59 Å². The Bertz CT molecular complexity index is 3020. The van der Waals surface area contributed by atoms with Gasteiger partial charge in [0.15, 0.2) is 5.37 Å². The number of amides is 13. The lowest BCUT2D eigenvalue weighted by Crippen LogP contribution is -2.64. The van der Waals surface area contributed by atoms with Crippen molar-refractivity contribution in [1.29, 1.82) is 0 Å². The number of aliphatic hydroxyl groups is 1. The number of nitrogens with one attached hydrogen (secondary N) is 6. The van der Waals surface area contributed by atoms with Gasteiger partial charge in [0.25, 0.3) is 5.91 Å². The minimum Gasteiger partial charge on any atom is -0.444 e. The van der Waals surface area contributed by atoms with Gasteiger partial charge in [0.2, 0.25) is 65.0 Å². The van der Waals surface area contributed by atoms with E-state index in [1.807, 2.05) is 55.4 Å². The first-order chi connectivity index (χ1) is 48.7. The molecule has 1 rings (SSSR count). The summed E-state index contributed by atoms with van der Waals surface area (Å²) >= 11 is 0.873. The molecule has 31 heteroatoms. The summed E-state index contributed by atoms with van der Waals surface area (Å²) in [5.41, 5.74) is -1.94. The maximum absolute atomic E-state index is 15.6. The fourth-order valence-corrected chi connectivity index (χ4v) is 13.2. The fraction of sp³-hybridized carbons (Fsp3) is 0.787. The van der Waals surface area contributed by atoms with Gasteiger partial charge in [0, 0.05) is 55.1 Å². The van der Waals surface area contributed by atoms with Crippen LogP contribution in [0.2, 0.25) is 0 Å². The predicted molar refractivity (Wildman–Crippen MR) is 411 cm³/mol. The van der Waals surface area contributed by atoms with Crippen LogP contribution in [0, 0.1) is 41.4 Å². The van der Waals surface area contributed by atoms with Crippen LogP contribution >= 0.6 is 11.8 Å². The number of allylic oxidation sites excluding steroid dienone is 2. The molecular formula is C75H134N14O16S. The second kappa shape index (κ2) is 43.4. The maximum atomic E-state index is 15.6. The monoisotopic (exact) mass is 1520 g/mol. The fourth-order valence-electron chi connectivity index (χ4n) is 12.1. The highest BCUT2D eigenvalue weighted by atomic mass is 32.2.